The Labute approximate surface area is 155 Å². The molecule has 0 amide bonds. The summed E-state index contributed by atoms with van der Waals surface area (Å²) in [6.07, 6.45) is 9.82. The number of nitrogens with one attached hydrogen (secondary N) is 1. The molecule has 0 spiro atoms. The minimum absolute atomic E-state index is 0.631. The molecule has 26 heavy (non-hydrogen) atoms. The van der Waals surface area contributed by atoms with E-state index in [1.165, 1.54) is 0 Å². The molecule has 0 aliphatic heterocycles. The molecule has 4 aromatic heterocycles. The predicted octanol–water partition coefficient (Wildman–Crippen LogP) is 3.42. The fourth-order valence-corrected chi connectivity index (χ4v) is 3.62. The highest BCUT2D eigenvalue weighted by Gasteiger charge is 2.10. The highest BCUT2D eigenvalue weighted by atomic mass is 32.1. The number of fused-ring (bicyclic) bond motifs is 1. The first kappa shape index (κ1) is 16.7. The molecule has 4 rings (SSSR count). The van der Waals surface area contributed by atoms with Crippen LogP contribution in [-0.4, -0.2) is 35.7 Å². The molecule has 4 heterocycles. The maximum atomic E-state index is 4.64. The smallest absolute Gasteiger partial charge is 0.223 e. The molecule has 4 aromatic rings. The molecular formula is C18H21N7S. The Morgan fingerprint density at radius 2 is 2.15 bits per heavy atom. The van der Waals surface area contributed by atoms with Crippen LogP contribution >= 0.6 is 11.3 Å². The molecule has 0 aliphatic carbocycles. The van der Waals surface area contributed by atoms with Crippen LogP contribution in [0.2, 0.25) is 0 Å². The van der Waals surface area contributed by atoms with Crippen molar-refractivity contribution in [2.45, 2.75) is 33.2 Å². The minimum atomic E-state index is 0.631. The van der Waals surface area contributed by atoms with Gasteiger partial charge in [-0.05, 0) is 19.4 Å². The van der Waals surface area contributed by atoms with Crippen molar-refractivity contribution >= 4 is 22.2 Å². The van der Waals surface area contributed by atoms with Crippen molar-refractivity contribution in [3.05, 3.63) is 47.6 Å². The second-order valence-electron chi connectivity index (χ2n) is 6.16. The van der Waals surface area contributed by atoms with Crippen LogP contribution in [0.1, 0.15) is 24.7 Å². The second kappa shape index (κ2) is 7.25. The first-order valence-corrected chi connectivity index (χ1v) is 9.63. The van der Waals surface area contributed by atoms with E-state index in [1.54, 1.807) is 17.5 Å². The number of aromatic nitrogens is 6. The van der Waals surface area contributed by atoms with E-state index in [0.29, 0.717) is 5.95 Å². The van der Waals surface area contributed by atoms with E-state index >= 15 is 0 Å². The van der Waals surface area contributed by atoms with E-state index in [-0.39, 0.29) is 0 Å². The molecule has 7 nitrogen and oxygen atoms in total. The fraction of sp³-hybridized carbons (Fsp3) is 0.333. The molecule has 1 N–H and O–H groups in total. The Bertz CT molecular complexity index is 985. The summed E-state index contributed by atoms with van der Waals surface area (Å²) >= 11 is 1.64. The zero-order chi connectivity index (χ0) is 17.9. The zero-order valence-electron chi connectivity index (χ0n) is 14.9. The normalized spacial score (nSPS) is 11.3. The summed E-state index contributed by atoms with van der Waals surface area (Å²) in [4.78, 5) is 14.6. The van der Waals surface area contributed by atoms with Crippen LogP contribution in [0, 0.1) is 6.92 Å². The number of imidazole rings is 1. The molecule has 0 bridgehead atoms. The molecule has 0 radical (unpaired) electrons. The maximum absolute atomic E-state index is 4.64. The van der Waals surface area contributed by atoms with E-state index in [9.17, 15) is 0 Å². The van der Waals surface area contributed by atoms with Gasteiger partial charge in [-0.25, -0.2) is 15.0 Å². The average Bonchev–Trinajstić information content (AvgIpc) is 3.30. The van der Waals surface area contributed by atoms with Gasteiger partial charge in [-0.15, -0.1) is 11.3 Å². The molecule has 0 atom stereocenters. The Morgan fingerprint density at radius 1 is 1.23 bits per heavy atom. The number of anilines is 1. The first-order valence-electron chi connectivity index (χ1n) is 8.75. The number of thiazole rings is 1. The van der Waals surface area contributed by atoms with Crippen LogP contribution in [0.25, 0.3) is 16.2 Å². The fourth-order valence-electron chi connectivity index (χ4n) is 2.91. The standard InChI is InChI=1S/C18H21N7S/c1-3-8-25-12-15(13(2)23-25)16-5-7-20-17(22-16)19-6-4-14-11-24-9-10-26-18(24)21-14/h5,7,9-12H,3-4,6,8H2,1-2H3,(H,19,20,22). The largest absolute Gasteiger partial charge is 0.354 e. The molecule has 0 saturated heterocycles. The van der Waals surface area contributed by atoms with Gasteiger partial charge < -0.3 is 5.32 Å². The van der Waals surface area contributed by atoms with E-state index < -0.39 is 0 Å². The Hall–Kier alpha value is -2.74. The van der Waals surface area contributed by atoms with Crippen molar-refractivity contribution in [3.63, 3.8) is 0 Å². The molecule has 0 aromatic carbocycles. The first-order chi connectivity index (χ1) is 12.7. The lowest BCUT2D eigenvalue weighted by Gasteiger charge is -2.05. The summed E-state index contributed by atoms with van der Waals surface area (Å²) in [5, 5.41) is 9.88. The summed E-state index contributed by atoms with van der Waals surface area (Å²) in [6, 6.07) is 1.93. The Morgan fingerprint density at radius 3 is 3.00 bits per heavy atom. The van der Waals surface area contributed by atoms with Gasteiger partial charge in [-0.1, -0.05) is 6.92 Å². The summed E-state index contributed by atoms with van der Waals surface area (Å²) in [5.74, 6) is 0.631. The molecule has 0 saturated carbocycles. The molecular weight excluding hydrogens is 346 g/mol. The van der Waals surface area contributed by atoms with Gasteiger partial charge in [0.25, 0.3) is 0 Å². The monoisotopic (exact) mass is 367 g/mol. The molecule has 0 aliphatic rings. The van der Waals surface area contributed by atoms with Crippen molar-refractivity contribution in [2.24, 2.45) is 0 Å². The third-order valence-corrected chi connectivity index (χ3v) is 4.91. The van der Waals surface area contributed by atoms with Gasteiger partial charge >= 0.3 is 0 Å². The SMILES string of the molecule is CCCn1cc(-c2ccnc(NCCc3cn4ccsc4n3)n2)c(C)n1. The number of rotatable bonds is 7. The van der Waals surface area contributed by atoms with E-state index in [2.05, 4.69) is 44.7 Å². The topological polar surface area (TPSA) is 72.9 Å². The zero-order valence-corrected chi connectivity index (χ0v) is 15.7. The molecule has 0 unspecified atom stereocenters. The minimum Gasteiger partial charge on any atom is -0.354 e. The second-order valence-corrected chi connectivity index (χ2v) is 7.03. The summed E-state index contributed by atoms with van der Waals surface area (Å²) < 4.78 is 4.03. The Kier molecular flexibility index (Phi) is 4.66. The van der Waals surface area contributed by atoms with Crippen LogP contribution in [0.3, 0.4) is 0 Å². The summed E-state index contributed by atoms with van der Waals surface area (Å²) in [7, 11) is 0. The highest BCUT2D eigenvalue weighted by molar-refractivity contribution is 7.15. The number of nitrogens with zero attached hydrogens (tertiary/aromatic N) is 6. The number of hydrogen-bond donors (Lipinski definition) is 1. The lowest BCUT2D eigenvalue weighted by atomic mass is 10.2. The van der Waals surface area contributed by atoms with Crippen LogP contribution in [-0.2, 0) is 13.0 Å². The quantitative estimate of drug-likeness (QED) is 0.542. The lowest BCUT2D eigenvalue weighted by molar-refractivity contribution is 0.598. The summed E-state index contributed by atoms with van der Waals surface area (Å²) in [6.45, 7) is 5.82. The van der Waals surface area contributed by atoms with Gasteiger partial charge in [-0.3, -0.25) is 9.08 Å². The average molecular weight is 367 g/mol. The van der Waals surface area contributed by atoms with Gasteiger partial charge in [0, 0.05) is 55.2 Å². The Balaban J connectivity index is 1.43. The van der Waals surface area contributed by atoms with E-state index in [4.69, 9.17) is 0 Å². The van der Waals surface area contributed by atoms with Crippen LogP contribution < -0.4 is 5.32 Å². The van der Waals surface area contributed by atoms with E-state index in [0.717, 1.165) is 53.5 Å². The lowest BCUT2D eigenvalue weighted by Crippen LogP contribution is -2.08. The number of aryl methyl sites for hydroxylation is 2. The highest BCUT2D eigenvalue weighted by Crippen LogP contribution is 2.21. The van der Waals surface area contributed by atoms with Crippen LogP contribution in [0.5, 0.6) is 0 Å². The maximum Gasteiger partial charge on any atom is 0.223 e. The molecule has 134 valence electrons. The molecule has 8 heteroatoms. The third-order valence-electron chi connectivity index (χ3n) is 4.14. The third kappa shape index (κ3) is 3.45. The van der Waals surface area contributed by atoms with Gasteiger partial charge in [0.15, 0.2) is 4.96 Å². The van der Waals surface area contributed by atoms with Crippen LogP contribution in [0.15, 0.2) is 36.2 Å². The molecule has 0 fully saturated rings. The summed E-state index contributed by atoms with van der Waals surface area (Å²) in [5.41, 5.74) is 4.00. The van der Waals surface area contributed by atoms with Crippen molar-refractivity contribution in [3.8, 4) is 11.3 Å². The predicted molar refractivity (Wildman–Crippen MR) is 104 cm³/mol. The van der Waals surface area contributed by atoms with Crippen molar-refractivity contribution in [1.29, 1.82) is 0 Å². The van der Waals surface area contributed by atoms with Gasteiger partial charge in [-0.2, -0.15) is 5.10 Å². The van der Waals surface area contributed by atoms with E-state index in [1.807, 2.05) is 33.6 Å². The number of hydrogen-bond acceptors (Lipinski definition) is 6. The van der Waals surface area contributed by atoms with Gasteiger partial charge in [0.05, 0.1) is 17.1 Å². The van der Waals surface area contributed by atoms with Crippen molar-refractivity contribution in [2.75, 3.05) is 11.9 Å². The van der Waals surface area contributed by atoms with Crippen molar-refractivity contribution < 1.29 is 0 Å². The van der Waals surface area contributed by atoms with Crippen LogP contribution in [0.4, 0.5) is 5.95 Å². The van der Waals surface area contributed by atoms with Gasteiger partial charge in [0.1, 0.15) is 0 Å². The van der Waals surface area contributed by atoms with Gasteiger partial charge in [0.2, 0.25) is 5.95 Å². The van der Waals surface area contributed by atoms with Crippen molar-refractivity contribution in [1.82, 2.24) is 29.1 Å².